The Balaban J connectivity index is 1.53. The lowest BCUT2D eigenvalue weighted by molar-refractivity contribution is -0.126. The molecule has 6 nitrogen and oxygen atoms in total. The molecule has 1 aromatic heterocycles. The second-order valence-electron chi connectivity index (χ2n) is 7.54. The van der Waals surface area contributed by atoms with E-state index in [-0.39, 0.29) is 11.9 Å². The van der Waals surface area contributed by atoms with Gasteiger partial charge in [-0.05, 0) is 63.9 Å². The number of para-hydroxylation sites is 1. The number of esters is 1. The summed E-state index contributed by atoms with van der Waals surface area (Å²) in [5, 5.41) is 0. The highest BCUT2D eigenvalue weighted by molar-refractivity contribution is 6.01. The fourth-order valence-electron chi connectivity index (χ4n) is 3.73. The number of carbonyl (C=O) groups excluding carboxylic acids is 2. The summed E-state index contributed by atoms with van der Waals surface area (Å²) in [4.78, 5) is 36.3. The summed E-state index contributed by atoms with van der Waals surface area (Å²) in [5.41, 5.74) is 5.38. The third-order valence-electron chi connectivity index (χ3n) is 5.39. The molecule has 0 bridgehead atoms. The molecule has 0 saturated carbocycles. The summed E-state index contributed by atoms with van der Waals surface area (Å²) in [6.45, 7) is 7.39. The number of fused-ring (bicyclic) bond motifs is 2. The second kappa shape index (κ2) is 7.28. The molecule has 0 unspecified atom stereocenters. The summed E-state index contributed by atoms with van der Waals surface area (Å²) in [7, 11) is 0. The van der Waals surface area contributed by atoms with Crippen molar-refractivity contribution in [2.24, 2.45) is 0 Å². The number of aromatic nitrogens is 2. The summed E-state index contributed by atoms with van der Waals surface area (Å²) in [6.07, 6.45) is -0.0948. The van der Waals surface area contributed by atoms with Gasteiger partial charge in [0, 0.05) is 11.7 Å². The van der Waals surface area contributed by atoms with Crippen LogP contribution in [-0.4, -0.2) is 34.0 Å². The average molecular weight is 389 g/mol. The maximum absolute atomic E-state index is 13.0. The van der Waals surface area contributed by atoms with Crippen LogP contribution in [-0.2, 0) is 16.0 Å². The zero-order chi connectivity index (χ0) is 20.7. The molecule has 0 N–H and O–H groups in total. The Bertz CT molecular complexity index is 1130. The molecule has 1 aliphatic rings. The van der Waals surface area contributed by atoms with E-state index in [1.807, 2.05) is 45.0 Å². The molecule has 148 valence electrons. The quantitative estimate of drug-likeness (QED) is 0.638. The van der Waals surface area contributed by atoms with Crippen molar-refractivity contribution < 1.29 is 14.3 Å². The Hall–Kier alpha value is -3.28. The highest BCUT2D eigenvalue weighted by Gasteiger charge is 2.34. The van der Waals surface area contributed by atoms with Crippen molar-refractivity contribution in [3.05, 3.63) is 65.0 Å². The number of carbonyl (C=O) groups is 2. The van der Waals surface area contributed by atoms with Crippen LogP contribution in [0.25, 0.3) is 11.0 Å². The van der Waals surface area contributed by atoms with Gasteiger partial charge in [0.2, 0.25) is 0 Å². The van der Waals surface area contributed by atoms with Gasteiger partial charge in [0.05, 0.1) is 28.0 Å². The van der Waals surface area contributed by atoms with E-state index in [2.05, 4.69) is 9.97 Å². The molecule has 2 atom stereocenters. The third-order valence-corrected chi connectivity index (χ3v) is 5.39. The third kappa shape index (κ3) is 3.46. The first-order chi connectivity index (χ1) is 13.8. The topological polar surface area (TPSA) is 72.4 Å². The maximum Gasteiger partial charge on any atom is 0.338 e. The van der Waals surface area contributed by atoms with E-state index in [4.69, 9.17) is 4.74 Å². The second-order valence-corrected chi connectivity index (χ2v) is 7.54. The molecule has 3 aromatic rings. The molecule has 2 heterocycles. The first-order valence-electron chi connectivity index (χ1n) is 9.72. The van der Waals surface area contributed by atoms with Crippen molar-refractivity contribution in [3.8, 4) is 0 Å². The molecule has 29 heavy (non-hydrogen) atoms. The summed E-state index contributed by atoms with van der Waals surface area (Å²) < 4.78 is 5.50. The molecule has 0 aliphatic carbocycles. The average Bonchev–Trinajstić information content (AvgIpc) is 3.03. The van der Waals surface area contributed by atoms with Gasteiger partial charge in [-0.1, -0.05) is 18.2 Å². The van der Waals surface area contributed by atoms with E-state index in [0.29, 0.717) is 11.1 Å². The van der Waals surface area contributed by atoms with Crippen molar-refractivity contribution in [3.63, 3.8) is 0 Å². The molecular formula is C23H23N3O3. The van der Waals surface area contributed by atoms with Crippen LogP contribution in [0.4, 0.5) is 5.69 Å². The molecule has 0 saturated heterocycles. The van der Waals surface area contributed by atoms with Gasteiger partial charge in [0.1, 0.15) is 0 Å². The van der Waals surface area contributed by atoms with Gasteiger partial charge in [-0.15, -0.1) is 0 Å². The molecule has 2 aromatic carbocycles. The summed E-state index contributed by atoms with van der Waals surface area (Å²) in [5.74, 6) is -0.768. The fourth-order valence-corrected chi connectivity index (χ4v) is 3.73. The van der Waals surface area contributed by atoms with Crippen LogP contribution in [0.3, 0.4) is 0 Å². The van der Waals surface area contributed by atoms with Crippen LogP contribution in [0.5, 0.6) is 0 Å². The van der Waals surface area contributed by atoms with Gasteiger partial charge >= 0.3 is 5.97 Å². The van der Waals surface area contributed by atoms with E-state index in [9.17, 15) is 9.59 Å². The maximum atomic E-state index is 13.0. The van der Waals surface area contributed by atoms with Gasteiger partial charge in [-0.3, -0.25) is 4.79 Å². The minimum absolute atomic E-state index is 0.0308. The van der Waals surface area contributed by atoms with Crippen LogP contribution < -0.4 is 4.90 Å². The molecule has 1 aliphatic heterocycles. The lowest BCUT2D eigenvalue weighted by Crippen LogP contribution is -2.43. The number of hydrogen-bond donors (Lipinski definition) is 0. The van der Waals surface area contributed by atoms with Crippen LogP contribution in [0, 0.1) is 13.8 Å². The van der Waals surface area contributed by atoms with Crippen LogP contribution >= 0.6 is 0 Å². The van der Waals surface area contributed by atoms with Crippen LogP contribution in [0.2, 0.25) is 0 Å². The van der Waals surface area contributed by atoms with Gasteiger partial charge in [0.25, 0.3) is 5.91 Å². The number of anilines is 1. The number of rotatable bonds is 3. The Morgan fingerprint density at radius 2 is 1.76 bits per heavy atom. The van der Waals surface area contributed by atoms with Crippen molar-refractivity contribution in [2.45, 2.75) is 46.3 Å². The summed E-state index contributed by atoms with van der Waals surface area (Å²) in [6, 6.07) is 12.9. The fraction of sp³-hybridized carbons (Fsp3) is 0.304. The van der Waals surface area contributed by atoms with Crippen LogP contribution in [0.15, 0.2) is 42.5 Å². The van der Waals surface area contributed by atoms with E-state index in [1.165, 1.54) is 0 Å². The van der Waals surface area contributed by atoms with E-state index in [1.54, 1.807) is 30.0 Å². The van der Waals surface area contributed by atoms with E-state index < -0.39 is 12.1 Å². The summed E-state index contributed by atoms with van der Waals surface area (Å²) >= 11 is 0. The molecule has 4 rings (SSSR count). The molecular weight excluding hydrogens is 366 g/mol. The zero-order valence-electron chi connectivity index (χ0n) is 17.0. The molecule has 1 amide bonds. The normalized spacial score (nSPS) is 16.6. The first kappa shape index (κ1) is 19.1. The molecule has 6 heteroatoms. The largest absolute Gasteiger partial charge is 0.449 e. The number of ether oxygens (including phenoxy) is 1. The smallest absolute Gasteiger partial charge is 0.338 e. The van der Waals surface area contributed by atoms with Gasteiger partial charge in [0.15, 0.2) is 6.10 Å². The predicted octanol–water partition coefficient (Wildman–Crippen LogP) is 3.77. The zero-order valence-corrected chi connectivity index (χ0v) is 17.0. The standard InChI is InChI=1S/C23H23N3O3/c1-13-11-17-7-5-6-8-21(17)26(13)22(27)16(4)29-23(28)18-9-10-19-20(12-18)25-15(3)14(2)24-19/h5-10,12-13,16H,11H2,1-4H3/t13-,16-/m1/s1. The lowest BCUT2D eigenvalue weighted by atomic mass is 10.1. The highest BCUT2D eigenvalue weighted by Crippen LogP contribution is 2.32. The molecule has 0 radical (unpaired) electrons. The van der Waals surface area contributed by atoms with Gasteiger partial charge in [-0.2, -0.15) is 0 Å². The van der Waals surface area contributed by atoms with Gasteiger partial charge in [-0.25, -0.2) is 14.8 Å². The van der Waals surface area contributed by atoms with Crippen molar-refractivity contribution >= 4 is 28.6 Å². The van der Waals surface area contributed by atoms with Crippen LogP contribution in [0.1, 0.15) is 41.2 Å². The van der Waals surface area contributed by atoms with E-state index in [0.717, 1.165) is 34.6 Å². The van der Waals surface area contributed by atoms with Crippen molar-refractivity contribution in [1.29, 1.82) is 0 Å². The minimum Gasteiger partial charge on any atom is -0.449 e. The first-order valence-corrected chi connectivity index (χ1v) is 9.72. The highest BCUT2D eigenvalue weighted by atomic mass is 16.5. The number of benzene rings is 2. The minimum atomic E-state index is -0.891. The van der Waals surface area contributed by atoms with Gasteiger partial charge < -0.3 is 9.64 Å². The number of hydrogen-bond acceptors (Lipinski definition) is 5. The predicted molar refractivity (Wildman–Crippen MR) is 111 cm³/mol. The van der Waals surface area contributed by atoms with Crippen molar-refractivity contribution in [1.82, 2.24) is 9.97 Å². The Labute approximate surface area is 169 Å². The Kier molecular flexibility index (Phi) is 4.78. The number of amides is 1. The SMILES string of the molecule is Cc1nc2ccc(C(=O)O[C@H](C)C(=O)N3c4ccccc4C[C@H]3C)cc2nc1C. The molecule has 0 fully saturated rings. The number of nitrogens with zero attached hydrogens (tertiary/aromatic N) is 3. The Morgan fingerprint density at radius 3 is 2.52 bits per heavy atom. The molecule has 0 spiro atoms. The van der Waals surface area contributed by atoms with E-state index >= 15 is 0 Å². The Morgan fingerprint density at radius 1 is 1.07 bits per heavy atom. The number of aryl methyl sites for hydroxylation is 2. The monoisotopic (exact) mass is 389 g/mol. The lowest BCUT2D eigenvalue weighted by Gasteiger charge is -2.26. The van der Waals surface area contributed by atoms with Crippen molar-refractivity contribution in [2.75, 3.05) is 4.90 Å².